The Balaban J connectivity index is 0. The van der Waals surface area contributed by atoms with Crippen molar-refractivity contribution >= 4 is 18.0 Å². The van der Waals surface area contributed by atoms with E-state index in [0.29, 0.717) is 0 Å². The first kappa shape index (κ1) is 27.4. The maximum Gasteiger partial charge on any atom is 0.460 e. The summed E-state index contributed by atoms with van der Waals surface area (Å²) in [4.78, 5) is 0. The average Bonchev–Trinajstić information content (AvgIpc) is 2.53. The van der Waals surface area contributed by atoms with E-state index in [9.17, 15) is 26.3 Å². The largest absolute Gasteiger partial charge is 0.460 e. The van der Waals surface area contributed by atoms with Gasteiger partial charge in [0.2, 0.25) is 0 Å². The van der Waals surface area contributed by atoms with Crippen molar-refractivity contribution in [2.75, 3.05) is 24.6 Å². The smallest absolute Gasteiger partial charge is 0.265 e. The van der Waals surface area contributed by atoms with Crippen molar-refractivity contribution in [1.82, 2.24) is 0 Å². The summed E-state index contributed by atoms with van der Waals surface area (Å²) in [5, 5.41) is 0. The molecule has 0 radical (unpaired) electrons. The summed E-state index contributed by atoms with van der Waals surface area (Å²) < 4.78 is 72.0. The van der Waals surface area contributed by atoms with Crippen LogP contribution >= 0.6 is 7.26 Å². The van der Waals surface area contributed by atoms with Crippen LogP contribution in [0.4, 0.5) is 26.3 Å². The lowest BCUT2D eigenvalue weighted by Gasteiger charge is -2.26. The van der Waals surface area contributed by atoms with E-state index in [1.807, 2.05) is 0 Å². The Morgan fingerprint density at radius 1 is 0.680 bits per heavy atom. The number of rotatable bonds is 10. The van der Waals surface area contributed by atoms with Crippen LogP contribution in [0.25, 0.3) is 0 Å². The lowest BCUT2D eigenvalue weighted by Crippen LogP contribution is -2.28. The molecular weight excluding hydrogens is 383 g/mol. The topological polar surface area (TPSA) is 23.9 Å². The standard InChI is InChI=1S/C14H32P.C2HF6NS/c1-5-9-12-15(8-4,13-10-6-2)14-11-7-3;3-1(4,5)10(9)2(6,7)8/h5-14H2,1-4H3;9H/q+1;. The number of unbranched alkanes of at least 4 members (excludes halogenated alkanes) is 3. The molecule has 0 amide bonds. The molecule has 0 aromatic heterocycles. The van der Waals surface area contributed by atoms with Gasteiger partial charge < -0.3 is 0 Å². The lowest BCUT2D eigenvalue weighted by molar-refractivity contribution is -0.0754. The van der Waals surface area contributed by atoms with Gasteiger partial charge >= 0.3 is 11.0 Å². The first-order valence-electron chi connectivity index (χ1n) is 8.84. The molecule has 0 aromatic rings. The van der Waals surface area contributed by atoms with E-state index in [1.165, 1.54) is 44.7 Å². The third-order valence-electron chi connectivity index (χ3n) is 4.09. The van der Waals surface area contributed by atoms with E-state index in [4.69, 9.17) is 4.78 Å². The number of hydrogen-bond donors (Lipinski definition) is 1. The molecule has 0 fully saturated rings. The van der Waals surface area contributed by atoms with Crippen molar-refractivity contribution in [2.24, 2.45) is 0 Å². The molecule has 0 heterocycles. The molecule has 0 bridgehead atoms. The molecule has 0 aromatic carbocycles. The third kappa shape index (κ3) is 13.0. The fourth-order valence-electron chi connectivity index (χ4n) is 2.42. The highest BCUT2D eigenvalue weighted by atomic mass is 32.2. The summed E-state index contributed by atoms with van der Waals surface area (Å²) in [5.74, 6) is 0. The molecule has 0 aliphatic heterocycles. The van der Waals surface area contributed by atoms with Gasteiger partial charge in [-0.25, -0.2) is 0 Å². The van der Waals surface area contributed by atoms with Crippen LogP contribution < -0.4 is 0 Å². The molecule has 0 unspecified atom stereocenters. The highest BCUT2D eigenvalue weighted by Crippen LogP contribution is 2.60. The second-order valence-corrected chi connectivity index (χ2v) is 12.3. The lowest BCUT2D eigenvalue weighted by atomic mass is 10.4. The molecule has 1 nitrogen and oxygen atoms in total. The van der Waals surface area contributed by atoms with Crippen LogP contribution in [-0.2, 0) is 10.7 Å². The van der Waals surface area contributed by atoms with Crippen molar-refractivity contribution in [1.29, 1.82) is 4.78 Å². The monoisotopic (exact) mass is 416 g/mol. The zero-order chi connectivity index (χ0) is 20.1. The third-order valence-corrected chi connectivity index (χ3v) is 10.2. The van der Waals surface area contributed by atoms with Crippen LogP contribution in [0, 0.1) is 4.78 Å². The second-order valence-electron chi connectivity index (χ2n) is 6.09. The molecule has 0 saturated carbocycles. The van der Waals surface area contributed by atoms with Gasteiger partial charge in [-0.15, -0.1) is 0 Å². The fraction of sp³-hybridized carbons (Fsp3) is 1.00. The van der Waals surface area contributed by atoms with Gasteiger partial charge in [-0.3, -0.25) is 4.78 Å². The van der Waals surface area contributed by atoms with Crippen LogP contribution in [0.1, 0.15) is 66.2 Å². The summed E-state index contributed by atoms with van der Waals surface area (Å²) in [6, 6.07) is 0. The van der Waals surface area contributed by atoms with Gasteiger partial charge in [-0.2, -0.15) is 26.3 Å². The normalized spacial score (nSPS) is 12.9. The summed E-state index contributed by atoms with van der Waals surface area (Å²) in [5.41, 5.74) is -11.0. The maximum atomic E-state index is 11.0. The van der Waals surface area contributed by atoms with Gasteiger partial charge in [0.05, 0.1) is 24.6 Å². The van der Waals surface area contributed by atoms with E-state index in [2.05, 4.69) is 27.7 Å². The predicted molar refractivity (Wildman–Crippen MR) is 99.0 cm³/mol. The summed E-state index contributed by atoms with van der Waals surface area (Å²) in [7, 11) is -4.78. The first-order valence-corrected chi connectivity index (χ1v) is 12.6. The van der Waals surface area contributed by atoms with E-state index in [-0.39, 0.29) is 0 Å². The summed E-state index contributed by atoms with van der Waals surface area (Å²) >= 11 is 0. The van der Waals surface area contributed by atoms with Crippen LogP contribution in [-0.4, -0.2) is 35.7 Å². The SMILES string of the molecule is CCCC[P+](CC)(CCCC)CCCC.N=S(C(F)(F)F)C(F)(F)F. The fourth-order valence-corrected chi connectivity index (χ4v) is 7.26. The van der Waals surface area contributed by atoms with Gasteiger partial charge in [0.15, 0.2) is 0 Å². The van der Waals surface area contributed by atoms with Crippen molar-refractivity contribution < 1.29 is 26.3 Å². The number of alkyl halides is 6. The average molecular weight is 416 g/mol. The molecule has 154 valence electrons. The minimum Gasteiger partial charge on any atom is -0.265 e. The summed E-state index contributed by atoms with van der Waals surface area (Å²) in [6.45, 7) is 9.46. The van der Waals surface area contributed by atoms with Gasteiger partial charge in [0.25, 0.3) is 0 Å². The molecule has 0 aliphatic rings. The van der Waals surface area contributed by atoms with E-state index in [0.717, 1.165) is 0 Å². The maximum absolute atomic E-state index is 11.0. The molecule has 9 heteroatoms. The van der Waals surface area contributed by atoms with Crippen molar-refractivity contribution in [2.45, 2.75) is 77.2 Å². The van der Waals surface area contributed by atoms with Crippen LogP contribution in [0.3, 0.4) is 0 Å². The molecule has 25 heavy (non-hydrogen) atoms. The van der Waals surface area contributed by atoms with E-state index in [1.54, 1.807) is 18.5 Å². The Hall–Kier alpha value is 0.160. The Kier molecular flexibility index (Phi) is 14.6. The molecule has 0 rings (SSSR count). The molecule has 0 spiro atoms. The minimum atomic E-state index is -5.49. The first-order chi connectivity index (χ1) is 11.4. The van der Waals surface area contributed by atoms with Gasteiger partial charge in [-0.05, 0) is 26.2 Å². The Morgan fingerprint density at radius 3 is 1.08 bits per heavy atom. The predicted octanol–water partition coefficient (Wildman–Crippen LogP) is 7.83. The van der Waals surface area contributed by atoms with Gasteiger partial charge in [0, 0.05) is 7.26 Å². The Bertz CT molecular complexity index is 320. The van der Waals surface area contributed by atoms with Crippen molar-refractivity contribution in [3.05, 3.63) is 0 Å². The van der Waals surface area contributed by atoms with Crippen LogP contribution in [0.5, 0.6) is 0 Å². The van der Waals surface area contributed by atoms with Crippen molar-refractivity contribution in [3.63, 3.8) is 0 Å². The molecule has 0 aliphatic carbocycles. The highest BCUT2D eigenvalue weighted by molar-refractivity contribution is 7.87. The number of halogens is 6. The molecule has 0 saturated heterocycles. The van der Waals surface area contributed by atoms with Gasteiger partial charge in [0.1, 0.15) is 10.7 Å². The molecule has 0 atom stereocenters. The van der Waals surface area contributed by atoms with E-state index >= 15 is 0 Å². The zero-order valence-corrected chi connectivity index (χ0v) is 17.4. The highest BCUT2D eigenvalue weighted by Gasteiger charge is 2.50. The quantitative estimate of drug-likeness (QED) is 0.277. The zero-order valence-electron chi connectivity index (χ0n) is 15.7. The molecule has 1 N–H and O–H groups in total. The minimum absolute atomic E-state index is 0.527. The van der Waals surface area contributed by atoms with E-state index < -0.39 is 29.0 Å². The van der Waals surface area contributed by atoms with Crippen LogP contribution in [0.2, 0.25) is 0 Å². The number of hydrogen-bond acceptors (Lipinski definition) is 1. The Morgan fingerprint density at radius 2 is 0.960 bits per heavy atom. The Labute approximate surface area is 151 Å². The van der Waals surface area contributed by atoms with Gasteiger partial charge in [-0.1, -0.05) is 40.0 Å². The molecular formula is C16H33F6NPS+. The number of nitrogens with one attached hydrogen (secondary N) is 1. The van der Waals surface area contributed by atoms with Crippen LogP contribution in [0.15, 0.2) is 0 Å². The van der Waals surface area contributed by atoms with Crippen molar-refractivity contribution in [3.8, 4) is 0 Å². The second kappa shape index (κ2) is 13.3. The summed E-state index contributed by atoms with van der Waals surface area (Å²) in [6.07, 6.45) is 14.9.